The van der Waals surface area contributed by atoms with Gasteiger partial charge < -0.3 is 10.6 Å². The van der Waals surface area contributed by atoms with Crippen LogP contribution in [-0.2, 0) is 4.79 Å². The lowest BCUT2D eigenvalue weighted by atomic mass is 10.0. The fraction of sp³-hybridized carbons (Fsp3) is 0.900. The van der Waals surface area contributed by atoms with Gasteiger partial charge in [0.2, 0.25) is 5.91 Å². The van der Waals surface area contributed by atoms with Gasteiger partial charge in [-0.1, -0.05) is 6.42 Å². The summed E-state index contributed by atoms with van der Waals surface area (Å²) in [5.74, 6) is 0.928. The van der Waals surface area contributed by atoms with Crippen molar-refractivity contribution in [1.82, 2.24) is 4.90 Å². The van der Waals surface area contributed by atoms with E-state index in [2.05, 4.69) is 0 Å². The molecular formula is C10H18N2O. The summed E-state index contributed by atoms with van der Waals surface area (Å²) in [6, 6.07) is 0.206. The Morgan fingerprint density at radius 3 is 2.92 bits per heavy atom. The summed E-state index contributed by atoms with van der Waals surface area (Å²) in [6.07, 6.45) is 5.00. The molecule has 0 spiro atoms. The number of amides is 1. The largest absolute Gasteiger partial charge is 0.338 e. The summed E-state index contributed by atoms with van der Waals surface area (Å²) in [5, 5.41) is 0. The van der Waals surface area contributed by atoms with Crippen LogP contribution in [-0.4, -0.2) is 29.4 Å². The maximum atomic E-state index is 11.7. The Hall–Kier alpha value is -0.570. The predicted molar refractivity (Wildman–Crippen MR) is 51.1 cm³/mol. The Morgan fingerprint density at radius 1 is 1.46 bits per heavy atom. The number of likely N-dealkylation sites (tertiary alicyclic amines) is 1. The molecule has 1 amide bonds. The average Bonchev–Trinajstić information content (AvgIpc) is 2.61. The minimum atomic E-state index is -0.320. The average molecular weight is 182 g/mol. The van der Waals surface area contributed by atoms with Crippen molar-refractivity contribution in [3.63, 3.8) is 0 Å². The summed E-state index contributed by atoms with van der Waals surface area (Å²) in [6.45, 7) is 2.72. The van der Waals surface area contributed by atoms with Gasteiger partial charge in [-0.15, -0.1) is 0 Å². The second-order valence-corrected chi connectivity index (χ2v) is 4.37. The third-order valence-electron chi connectivity index (χ3n) is 3.43. The summed E-state index contributed by atoms with van der Waals surface area (Å²) < 4.78 is 0. The van der Waals surface area contributed by atoms with Gasteiger partial charge >= 0.3 is 0 Å². The molecule has 0 aromatic rings. The van der Waals surface area contributed by atoms with Gasteiger partial charge in [-0.2, -0.15) is 0 Å². The van der Waals surface area contributed by atoms with Crippen molar-refractivity contribution >= 4 is 5.91 Å². The minimum Gasteiger partial charge on any atom is -0.338 e. The summed E-state index contributed by atoms with van der Waals surface area (Å²) >= 11 is 0. The van der Waals surface area contributed by atoms with Crippen LogP contribution in [0, 0.1) is 5.92 Å². The fourth-order valence-electron chi connectivity index (χ4n) is 2.77. The lowest BCUT2D eigenvalue weighted by Gasteiger charge is -2.25. The summed E-state index contributed by atoms with van der Waals surface area (Å²) in [4.78, 5) is 13.7. The van der Waals surface area contributed by atoms with Gasteiger partial charge in [0.1, 0.15) is 0 Å². The van der Waals surface area contributed by atoms with Crippen molar-refractivity contribution in [1.29, 1.82) is 0 Å². The topological polar surface area (TPSA) is 46.3 Å². The number of carbonyl (C=O) groups is 1. The molecule has 1 aliphatic carbocycles. The van der Waals surface area contributed by atoms with Crippen molar-refractivity contribution in [3.8, 4) is 0 Å². The van der Waals surface area contributed by atoms with E-state index in [0.29, 0.717) is 6.04 Å². The third kappa shape index (κ3) is 1.46. The molecule has 3 unspecified atom stereocenters. The molecule has 74 valence electrons. The Kier molecular flexibility index (Phi) is 2.28. The van der Waals surface area contributed by atoms with Crippen LogP contribution >= 0.6 is 0 Å². The molecule has 1 saturated heterocycles. The second-order valence-electron chi connectivity index (χ2n) is 4.37. The van der Waals surface area contributed by atoms with E-state index >= 15 is 0 Å². The third-order valence-corrected chi connectivity index (χ3v) is 3.43. The first-order chi connectivity index (χ1) is 6.20. The maximum Gasteiger partial charge on any atom is 0.239 e. The van der Waals surface area contributed by atoms with Crippen molar-refractivity contribution < 1.29 is 4.79 Å². The van der Waals surface area contributed by atoms with Gasteiger partial charge in [0.15, 0.2) is 0 Å². The molecule has 13 heavy (non-hydrogen) atoms. The number of carbonyl (C=O) groups excluding carboxylic acids is 1. The monoisotopic (exact) mass is 182 g/mol. The van der Waals surface area contributed by atoms with Crippen LogP contribution in [0.5, 0.6) is 0 Å². The van der Waals surface area contributed by atoms with Gasteiger partial charge in [-0.05, 0) is 32.1 Å². The van der Waals surface area contributed by atoms with Crippen LogP contribution in [0.4, 0.5) is 0 Å². The van der Waals surface area contributed by atoms with E-state index in [-0.39, 0.29) is 11.9 Å². The van der Waals surface area contributed by atoms with Gasteiger partial charge in [0.05, 0.1) is 6.04 Å². The molecule has 2 aliphatic rings. The number of hydrogen-bond acceptors (Lipinski definition) is 2. The van der Waals surface area contributed by atoms with Gasteiger partial charge in [-0.25, -0.2) is 0 Å². The lowest BCUT2D eigenvalue weighted by Crippen LogP contribution is -2.44. The normalized spacial score (nSPS) is 34.8. The highest BCUT2D eigenvalue weighted by Crippen LogP contribution is 2.37. The highest BCUT2D eigenvalue weighted by molar-refractivity contribution is 5.81. The highest BCUT2D eigenvalue weighted by atomic mass is 16.2. The van der Waals surface area contributed by atoms with Crippen LogP contribution < -0.4 is 5.73 Å². The van der Waals surface area contributed by atoms with Gasteiger partial charge in [0.25, 0.3) is 0 Å². The molecule has 2 N–H and O–H groups in total. The molecule has 2 rings (SSSR count). The first-order valence-corrected chi connectivity index (χ1v) is 5.26. The number of fused-ring (bicyclic) bond motifs is 1. The number of nitrogens with zero attached hydrogens (tertiary/aromatic N) is 1. The molecule has 3 heteroatoms. The number of hydrogen-bond donors (Lipinski definition) is 1. The Bertz CT molecular complexity index is 215. The maximum absolute atomic E-state index is 11.7. The number of nitrogens with two attached hydrogens (primary N) is 1. The Balaban J connectivity index is 2.04. The molecule has 0 bridgehead atoms. The Labute approximate surface area is 79.3 Å². The molecule has 3 nitrogen and oxygen atoms in total. The zero-order chi connectivity index (χ0) is 9.42. The van der Waals surface area contributed by atoms with Crippen LogP contribution in [0.2, 0.25) is 0 Å². The molecule has 1 heterocycles. The number of rotatable bonds is 1. The van der Waals surface area contributed by atoms with E-state index in [1.54, 1.807) is 6.92 Å². The second kappa shape index (κ2) is 3.29. The van der Waals surface area contributed by atoms with Crippen LogP contribution in [0.25, 0.3) is 0 Å². The zero-order valence-electron chi connectivity index (χ0n) is 8.20. The summed E-state index contributed by atoms with van der Waals surface area (Å²) in [5.41, 5.74) is 5.61. The molecular weight excluding hydrogens is 164 g/mol. The highest BCUT2D eigenvalue weighted by Gasteiger charge is 2.40. The van der Waals surface area contributed by atoms with Crippen molar-refractivity contribution in [3.05, 3.63) is 0 Å². The molecule has 0 aromatic carbocycles. The Morgan fingerprint density at radius 2 is 2.23 bits per heavy atom. The zero-order valence-corrected chi connectivity index (χ0v) is 8.20. The quantitative estimate of drug-likeness (QED) is 0.650. The standard InChI is InChI=1S/C10H18N2O/c1-7(11)10(13)12-6-5-8-3-2-4-9(8)12/h7-9H,2-6,11H2,1H3. The van der Waals surface area contributed by atoms with E-state index in [1.807, 2.05) is 4.90 Å². The van der Waals surface area contributed by atoms with Gasteiger partial charge in [-0.3, -0.25) is 4.79 Å². The van der Waals surface area contributed by atoms with Crippen LogP contribution in [0.1, 0.15) is 32.6 Å². The first kappa shape index (κ1) is 9.00. The molecule has 1 aliphatic heterocycles. The molecule has 0 aromatic heterocycles. The fourth-order valence-corrected chi connectivity index (χ4v) is 2.77. The van der Waals surface area contributed by atoms with Crippen molar-refractivity contribution in [2.75, 3.05) is 6.54 Å². The van der Waals surface area contributed by atoms with E-state index in [4.69, 9.17) is 5.73 Å². The van der Waals surface area contributed by atoms with E-state index in [1.165, 1.54) is 25.7 Å². The predicted octanol–water partition coefficient (Wildman–Crippen LogP) is 0.735. The van der Waals surface area contributed by atoms with Crippen molar-refractivity contribution in [2.45, 2.75) is 44.7 Å². The molecule has 1 saturated carbocycles. The van der Waals surface area contributed by atoms with Crippen LogP contribution in [0.15, 0.2) is 0 Å². The van der Waals surface area contributed by atoms with Gasteiger partial charge in [0, 0.05) is 12.6 Å². The molecule has 2 fully saturated rings. The van der Waals surface area contributed by atoms with E-state index in [9.17, 15) is 4.79 Å². The molecule has 0 radical (unpaired) electrons. The van der Waals surface area contributed by atoms with Crippen molar-refractivity contribution in [2.24, 2.45) is 11.7 Å². The first-order valence-electron chi connectivity index (χ1n) is 5.26. The summed E-state index contributed by atoms with van der Waals surface area (Å²) in [7, 11) is 0. The lowest BCUT2D eigenvalue weighted by molar-refractivity contribution is -0.133. The smallest absolute Gasteiger partial charge is 0.239 e. The minimum absolute atomic E-state index is 0.148. The molecule has 3 atom stereocenters. The van der Waals surface area contributed by atoms with E-state index in [0.717, 1.165) is 12.5 Å². The SMILES string of the molecule is CC(N)C(=O)N1CCC2CCCC21. The van der Waals surface area contributed by atoms with Crippen LogP contribution in [0.3, 0.4) is 0 Å². The van der Waals surface area contributed by atoms with E-state index < -0.39 is 0 Å².